The van der Waals surface area contributed by atoms with Gasteiger partial charge in [-0.1, -0.05) is 25.5 Å². The molecule has 0 heterocycles. The Kier molecular flexibility index (Phi) is 3.13. The Bertz CT molecular complexity index is 510. The quantitative estimate of drug-likeness (QED) is 0.448. The van der Waals surface area contributed by atoms with Crippen molar-refractivity contribution in [2.45, 2.75) is 70.6 Å². The van der Waals surface area contributed by atoms with Gasteiger partial charge in [0.25, 0.3) is 0 Å². The number of hydrogen-bond acceptors (Lipinski definition) is 1. The lowest BCUT2D eigenvalue weighted by molar-refractivity contribution is -0.131. The molecule has 4 rings (SSSR count). The molecule has 0 aliphatic heterocycles. The van der Waals surface area contributed by atoms with Crippen molar-refractivity contribution >= 4 is 17.4 Å². The fourth-order valence-corrected chi connectivity index (χ4v) is 6.66. The highest BCUT2D eigenvalue weighted by atomic mass is 35.5. The van der Waals surface area contributed by atoms with Crippen LogP contribution in [0.3, 0.4) is 0 Å². The summed E-state index contributed by atoms with van der Waals surface area (Å²) in [5.41, 5.74) is 2.02. The standard InChI is InChI=1S/C19H27ClO/c1-18-9-7-13(20)11-12(18)3-4-14-15-5-6-17(21)19(15,2)10-8-16(14)18/h3,13-16H,4-11H2,1-2H3/t13?,14-,15-,16-,18-,19-/m0/s1. The van der Waals surface area contributed by atoms with E-state index in [0.29, 0.717) is 22.5 Å². The normalized spacial score (nSPS) is 52.7. The van der Waals surface area contributed by atoms with Crippen LogP contribution in [0.2, 0.25) is 0 Å². The molecule has 0 bridgehead atoms. The van der Waals surface area contributed by atoms with Gasteiger partial charge in [-0.2, -0.15) is 0 Å². The van der Waals surface area contributed by atoms with Crippen molar-refractivity contribution in [3.8, 4) is 0 Å². The second-order valence-electron chi connectivity index (χ2n) is 8.52. The molecule has 0 saturated heterocycles. The smallest absolute Gasteiger partial charge is 0.139 e. The lowest BCUT2D eigenvalue weighted by Gasteiger charge is -2.56. The zero-order valence-corrected chi connectivity index (χ0v) is 14.1. The fourth-order valence-electron chi connectivity index (χ4n) is 6.39. The van der Waals surface area contributed by atoms with E-state index in [0.717, 1.165) is 37.5 Å². The molecule has 0 spiro atoms. The van der Waals surface area contributed by atoms with E-state index in [2.05, 4.69) is 19.9 Å². The Labute approximate surface area is 133 Å². The monoisotopic (exact) mass is 306 g/mol. The van der Waals surface area contributed by atoms with Crippen LogP contribution in [0.1, 0.15) is 65.2 Å². The Balaban J connectivity index is 1.69. The van der Waals surface area contributed by atoms with Gasteiger partial charge in [-0.25, -0.2) is 0 Å². The average Bonchev–Trinajstić information content (AvgIpc) is 2.76. The van der Waals surface area contributed by atoms with Crippen molar-refractivity contribution in [3.05, 3.63) is 11.6 Å². The molecule has 0 aromatic heterocycles. The predicted octanol–water partition coefficient (Wildman–Crippen LogP) is 5.13. The molecule has 0 N–H and O–H groups in total. The summed E-state index contributed by atoms with van der Waals surface area (Å²) in [4.78, 5) is 12.4. The number of fused-ring (bicyclic) bond motifs is 5. The molecule has 1 unspecified atom stereocenters. The number of carbonyl (C=O) groups is 1. The second-order valence-corrected chi connectivity index (χ2v) is 9.13. The highest BCUT2D eigenvalue weighted by Crippen LogP contribution is 2.64. The molecular weight excluding hydrogens is 280 g/mol. The maximum absolute atomic E-state index is 12.4. The number of hydrogen-bond donors (Lipinski definition) is 0. The minimum Gasteiger partial charge on any atom is -0.299 e. The second kappa shape index (κ2) is 4.60. The Hall–Kier alpha value is -0.300. The third kappa shape index (κ3) is 1.85. The SMILES string of the molecule is C[C@]12CCC(Cl)CC1=CC[C@@H]1[C@@H]2CC[C@]2(C)C(=O)CC[C@@H]12. The minimum atomic E-state index is 0.00650. The van der Waals surface area contributed by atoms with Gasteiger partial charge in [-0.05, 0) is 68.1 Å². The van der Waals surface area contributed by atoms with E-state index in [4.69, 9.17) is 11.6 Å². The lowest BCUT2D eigenvalue weighted by atomic mass is 9.48. The molecule has 0 amide bonds. The van der Waals surface area contributed by atoms with Crippen LogP contribution in [0.15, 0.2) is 11.6 Å². The summed E-state index contributed by atoms with van der Waals surface area (Å²) < 4.78 is 0. The zero-order valence-electron chi connectivity index (χ0n) is 13.3. The predicted molar refractivity (Wildman–Crippen MR) is 86.4 cm³/mol. The number of Topliss-reactive ketones (excluding diaryl/α,β-unsaturated/α-hetero) is 1. The topological polar surface area (TPSA) is 17.1 Å². The summed E-state index contributed by atoms with van der Waals surface area (Å²) in [5.74, 6) is 2.74. The van der Waals surface area contributed by atoms with Gasteiger partial charge in [0.1, 0.15) is 5.78 Å². The molecule has 1 nitrogen and oxygen atoms in total. The summed E-state index contributed by atoms with van der Waals surface area (Å²) in [7, 11) is 0. The third-order valence-electron chi connectivity index (χ3n) is 7.75. The summed E-state index contributed by atoms with van der Waals surface area (Å²) in [6, 6.07) is 0. The van der Waals surface area contributed by atoms with Gasteiger partial charge in [0.15, 0.2) is 0 Å². The van der Waals surface area contributed by atoms with Gasteiger partial charge in [0.2, 0.25) is 0 Å². The number of alkyl halides is 1. The highest BCUT2D eigenvalue weighted by molar-refractivity contribution is 6.20. The lowest BCUT2D eigenvalue weighted by Crippen LogP contribution is -2.50. The Morgan fingerprint density at radius 3 is 2.62 bits per heavy atom. The van der Waals surface area contributed by atoms with E-state index in [-0.39, 0.29) is 5.41 Å². The first kappa shape index (κ1) is 14.3. The highest BCUT2D eigenvalue weighted by Gasteiger charge is 2.58. The molecule has 21 heavy (non-hydrogen) atoms. The first-order valence-corrected chi connectivity index (χ1v) is 9.26. The summed E-state index contributed by atoms with van der Waals surface area (Å²) in [6.45, 7) is 4.76. The average molecular weight is 307 g/mol. The van der Waals surface area contributed by atoms with Crippen molar-refractivity contribution in [2.75, 3.05) is 0 Å². The van der Waals surface area contributed by atoms with Crippen LogP contribution in [-0.4, -0.2) is 11.2 Å². The number of carbonyl (C=O) groups excluding carboxylic acids is 1. The summed E-state index contributed by atoms with van der Waals surface area (Å²) >= 11 is 6.42. The van der Waals surface area contributed by atoms with Gasteiger partial charge in [-0.15, -0.1) is 11.6 Å². The third-order valence-corrected chi connectivity index (χ3v) is 8.13. The first-order chi connectivity index (χ1) is 9.95. The van der Waals surface area contributed by atoms with Crippen molar-refractivity contribution < 1.29 is 4.79 Å². The maximum Gasteiger partial charge on any atom is 0.139 e. The largest absolute Gasteiger partial charge is 0.299 e. The van der Waals surface area contributed by atoms with Gasteiger partial charge in [0.05, 0.1) is 0 Å². The van der Waals surface area contributed by atoms with Crippen molar-refractivity contribution in [3.63, 3.8) is 0 Å². The van der Waals surface area contributed by atoms with Crippen LogP contribution in [0.5, 0.6) is 0 Å². The van der Waals surface area contributed by atoms with Gasteiger partial charge in [0, 0.05) is 17.2 Å². The summed E-state index contributed by atoms with van der Waals surface area (Å²) in [5, 5.41) is 0.350. The van der Waals surface area contributed by atoms with E-state index in [1.54, 1.807) is 5.57 Å². The van der Waals surface area contributed by atoms with Crippen molar-refractivity contribution in [1.29, 1.82) is 0 Å². The van der Waals surface area contributed by atoms with E-state index < -0.39 is 0 Å². The number of ketones is 1. The fraction of sp³-hybridized carbons (Fsp3) is 0.842. The zero-order chi connectivity index (χ0) is 14.8. The minimum absolute atomic E-state index is 0.00650. The van der Waals surface area contributed by atoms with Crippen LogP contribution >= 0.6 is 11.6 Å². The number of halogens is 1. The first-order valence-electron chi connectivity index (χ1n) is 8.82. The van der Waals surface area contributed by atoms with Gasteiger partial charge < -0.3 is 0 Å². The molecule has 0 aromatic carbocycles. The molecule has 3 saturated carbocycles. The molecular formula is C19H27ClO. The Morgan fingerprint density at radius 2 is 1.81 bits per heavy atom. The molecule has 0 radical (unpaired) electrons. The molecule has 116 valence electrons. The molecule has 2 heteroatoms. The van der Waals surface area contributed by atoms with Crippen LogP contribution in [0.25, 0.3) is 0 Å². The maximum atomic E-state index is 12.4. The molecule has 3 fully saturated rings. The van der Waals surface area contributed by atoms with E-state index in [9.17, 15) is 4.79 Å². The Morgan fingerprint density at radius 1 is 1.10 bits per heavy atom. The number of allylic oxidation sites excluding steroid dienone is 2. The van der Waals surface area contributed by atoms with Crippen LogP contribution in [0.4, 0.5) is 0 Å². The van der Waals surface area contributed by atoms with Crippen molar-refractivity contribution in [1.82, 2.24) is 0 Å². The van der Waals surface area contributed by atoms with Crippen LogP contribution in [0, 0.1) is 28.6 Å². The van der Waals surface area contributed by atoms with Crippen LogP contribution in [-0.2, 0) is 4.79 Å². The van der Waals surface area contributed by atoms with Crippen molar-refractivity contribution in [2.24, 2.45) is 28.6 Å². The molecule has 4 aliphatic rings. The van der Waals surface area contributed by atoms with Gasteiger partial charge in [-0.3, -0.25) is 4.79 Å². The van der Waals surface area contributed by atoms with E-state index in [1.165, 1.54) is 25.7 Å². The van der Waals surface area contributed by atoms with E-state index in [1.807, 2.05) is 0 Å². The molecule has 0 aromatic rings. The van der Waals surface area contributed by atoms with Crippen LogP contribution < -0.4 is 0 Å². The van der Waals surface area contributed by atoms with E-state index >= 15 is 0 Å². The molecule has 4 aliphatic carbocycles. The van der Waals surface area contributed by atoms with Gasteiger partial charge >= 0.3 is 0 Å². The summed E-state index contributed by atoms with van der Waals surface area (Å²) in [6.07, 6.45) is 11.6. The number of rotatable bonds is 0. The molecule has 6 atom stereocenters.